The molecule has 1 rings (SSSR count). The van der Waals surface area contributed by atoms with Gasteiger partial charge in [0.1, 0.15) is 23.9 Å². The predicted molar refractivity (Wildman–Crippen MR) is 142 cm³/mol. The Kier molecular flexibility index (Phi) is 14.2. The van der Waals surface area contributed by atoms with Crippen LogP contribution in [0.3, 0.4) is 0 Å². The number of phenolic OH excluding ortho intramolecular Hbond substituents is 1. The van der Waals surface area contributed by atoms with E-state index in [0.717, 1.165) is 5.56 Å². The largest absolute Gasteiger partial charge is 0.508 e. The second kappa shape index (κ2) is 16.8. The van der Waals surface area contributed by atoms with Crippen LogP contribution in [0.4, 0.5) is 0 Å². The number of aromatic hydroxyl groups is 1. The number of hydrogen-bond acceptors (Lipinski definition) is 8. The summed E-state index contributed by atoms with van der Waals surface area (Å²) in [6.07, 6.45) is 2.00. The summed E-state index contributed by atoms with van der Waals surface area (Å²) in [6.45, 7) is 2.01. The van der Waals surface area contributed by atoms with E-state index in [9.17, 15) is 29.4 Å². The van der Waals surface area contributed by atoms with Gasteiger partial charge in [0.05, 0.1) is 6.04 Å². The molecule has 13 N–H and O–H groups in total. The highest BCUT2D eigenvalue weighted by Gasteiger charge is 2.28. The van der Waals surface area contributed by atoms with Crippen molar-refractivity contribution in [3.8, 4) is 5.75 Å². The van der Waals surface area contributed by atoms with Crippen LogP contribution in [0.5, 0.6) is 5.75 Å². The SMILES string of the molecule is CC(NC(=O)C(CCCCN)NC(=O)C(N)Cc1ccc(O)cc1)C(=O)NC(CCCN=C(N)N)C(=O)O. The van der Waals surface area contributed by atoms with Crippen LogP contribution in [0.25, 0.3) is 0 Å². The number of carbonyl (C=O) groups excluding carboxylic acids is 3. The van der Waals surface area contributed by atoms with Crippen molar-refractivity contribution in [3.05, 3.63) is 29.8 Å². The number of nitrogens with two attached hydrogens (primary N) is 4. The van der Waals surface area contributed by atoms with Gasteiger partial charge < -0.3 is 49.1 Å². The van der Waals surface area contributed by atoms with E-state index in [4.69, 9.17) is 22.9 Å². The van der Waals surface area contributed by atoms with Gasteiger partial charge in [0.2, 0.25) is 17.7 Å². The number of aliphatic carboxylic acids is 1. The van der Waals surface area contributed by atoms with Crippen LogP contribution in [-0.4, -0.2) is 77.1 Å². The van der Waals surface area contributed by atoms with Gasteiger partial charge in [-0.3, -0.25) is 19.4 Å². The van der Waals surface area contributed by atoms with Crippen LogP contribution in [0, 0.1) is 0 Å². The number of guanidine groups is 1. The number of unbranched alkanes of at least 4 members (excludes halogenated alkanes) is 1. The van der Waals surface area contributed by atoms with Gasteiger partial charge in [-0.05, 0) is 69.7 Å². The molecular formula is C24H40N8O6. The number of rotatable bonds is 17. The van der Waals surface area contributed by atoms with Crippen LogP contribution in [0.1, 0.15) is 44.6 Å². The highest BCUT2D eigenvalue weighted by atomic mass is 16.4. The van der Waals surface area contributed by atoms with Crippen molar-refractivity contribution in [1.29, 1.82) is 0 Å². The fourth-order valence-corrected chi connectivity index (χ4v) is 3.46. The molecule has 0 aliphatic rings. The molecule has 14 heteroatoms. The Balaban J connectivity index is 2.75. The number of amides is 3. The average Bonchev–Trinajstić information content (AvgIpc) is 2.85. The summed E-state index contributed by atoms with van der Waals surface area (Å²) in [5.41, 5.74) is 22.8. The number of carbonyl (C=O) groups is 4. The molecule has 0 spiro atoms. The van der Waals surface area contributed by atoms with E-state index in [1.165, 1.54) is 19.1 Å². The van der Waals surface area contributed by atoms with Crippen LogP contribution >= 0.6 is 0 Å². The van der Waals surface area contributed by atoms with Crippen LogP contribution in [-0.2, 0) is 25.6 Å². The minimum atomic E-state index is -1.24. The number of carboxylic acid groups (broad SMARTS) is 1. The second-order valence-electron chi connectivity index (χ2n) is 8.90. The lowest BCUT2D eigenvalue weighted by molar-refractivity contribution is -0.142. The van der Waals surface area contributed by atoms with E-state index >= 15 is 0 Å². The zero-order valence-electron chi connectivity index (χ0n) is 21.6. The molecule has 38 heavy (non-hydrogen) atoms. The van der Waals surface area contributed by atoms with Gasteiger partial charge in [0, 0.05) is 6.54 Å². The van der Waals surface area contributed by atoms with Gasteiger partial charge in [0.15, 0.2) is 5.96 Å². The lowest BCUT2D eigenvalue weighted by Crippen LogP contribution is -2.56. The number of aliphatic imine (C=N–C) groups is 1. The summed E-state index contributed by atoms with van der Waals surface area (Å²) in [6, 6.07) is 2.02. The lowest BCUT2D eigenvalue weighted by Gasteiger charge is -2.23. The molecule has 0 aliphatic heterocycles. The summed E-state index contributed by atoms with van der Waals surface area (Å²) in [4.78, 5) is 53.5. The molecule has 14 nitrogen and oxygen atoms in total. The Morgan fingerprint density at radius 1 is 0.895 bits per heavy atom. The molecule has 0 saturated carbocycles. The second-order valence-corrected chi connectivity index (χ2v) is 8.90. The Morgan fingerprint density at radius 2 is 1.50 bits per heavy atom. The molecule has 0 radical (unpaired) electrons. The summed E-state index contributed by atoms with van der Waals surface area (Å²) >= 11 is 0. The third-order valence-corrected chi connectivity index (χ3v) is 5.62. The Hall–Kier alpha value is -3.91. The van der Waals surface area contributed by atoms with Crippen LogP contribution in [0.2, 0.25) is 0 Å². The minimum absolute atomic E-state index is 0.0786. The first-order valence-electron chi connectivity index (χ1n) is 12.4. The molecule has 0 aliphatic carbocycles. The molecule has 0 fully saturated rings. The zero-order valence-corrected chi connectivity index (χ0v) is 21.6. The zero-order chi connectivity index (χ0) is 28.7. The molecular weight excluding hydrogens is 496 g/mol. The first-order chi connectivity index (χ1) is 17.9. The highest BCUT2D eigenvalue weighted by Crippen LogP contribution is 2.11. The molecule has 1 aromatic carbocycles. The molecule has 3 amide bonds. The monoisotopic (exact) mass is 536 g/mol. The quantitative estimate of drug-likeness (QED) is 0.0600. The Labute approximate surface area is 221 Å². The number of hydrogen-bond donors (Lipinski definition) is 9. The van der Waals surface area contributed by atoms with Gasteiger partial charge in [0.25, 0.3) is 0 Å². The molecule has 0 aromatic heterocycles. The third kappa shape index (κ3) is 12.4. The van der Waals surface area contributed by atoms with Crippen molar-refractivity contribution in [2.24, 2.45) is 27.9 Å². The molecule has 0 bridgehead atoms. The average molecular weight is 537 g/mol. The smallest absolute Gasteiger partial charge is 0.326 e. The van der Waals surface area contributed by atoms with Gasteiger partial charge in [-0.25, -0.2) is 4.79 Å². The summed E-state index contributed by atoms with van der Waals surface area (Å²) < 4.78 is 0. The summed E-state index contributed by atoms with van der Waals surface area (Å²) in [5, 5.41) is 26.3. The molecule has 0 heterocycles. The van der Waals surface area contributed by atoms with Gasteiger partial charge >= 0.3 is 5.97 Å². The van der Waals surface area contributed by atoms with E-state index in [2.05, 4.69) is 20.9 Å². The fourth-order valence-electron chi connectivity index (χ4n) is 3.46. The van der Waals surface area contributed by atoms with Crippen molar-refractivity contribution in [2.75, 3.05) is 13.1 Å². The number of phenols is 1. The minimum Gasteiger partial charge on any atom is -0.508 e. The maximum absolute atomic E-state index is 12.9. The van der Waals surface area contributed by atoms with Gasteiger partial charge in [-0.2, -0.15) is 0 Å². The number of carboxylic acids is 1. The van der Waals surface area contributed by atoms with E-state index in [1.807, 2.05) is 0 Å². The molecule has 212 valence electrons. The van der Waals surface area contributed by atoms with E-state index < -0.39 is 47.9 Å². The topological polar surface area (TPSA) is 261 Å². The summed E-state index contributed by atoms with van der Waals surface area (Å²) in [5.74, 6) is -3.15. The fraction of sp³-hybridized carbons (Fsp3) is 0.542. The van der Waals surface area contributed by atoms with Crippen molar-refractivity contribution in [3.63, 3.8) is 0 Å². The van der Waals surface area contributed by atoms with Crippen molar-refractivity contribution in [1.82, 2.24) is 16.0 Å². The normalized spacial score (nSPS) is 13.9. The molecule has 4 unspecified atom stereocenters. The number of nitrogens with one attached hydrogen (secondary N) is 3. The van der Waals surface area contributed by atoms with E-state index in [0.29, 0.717) is 25.8 Å². The van der Waals surface area contributed by atoms with Crippen molar-refractivity contribution >= 4 is 29.7 Å². The molecule has 1 aromatic rings. The number of benzene rings is 1. The maximum Gasteiger partial charge on any atom is 0.326 e. The predicted octanol–water partition coefficient (Wildman–Crippen LogP) is -2.00. The third-order valence-electron chi connectivity index (χ3n) is 5.62. The van der Waals surface area contributed by atoms with Crippen LogP contribution < -0.4 is 38.9 Å². The van der Waals surface area contributed by atoms with E-state index in [-0.39, 0.29) is 37.5 Å². The molecule has 0 saturated heterocycles. The van der Waals surface area contributed by atoms with Crippen LogP contribution in [0.15, 0.2) is 29.3 Å². The van der Waals surface area contributed by atoms with Gasteiger partial charge in [-0.1, -0.05) is 12.1 Å². The maximum atomic E-state index is 12.9. The summed E-state index contributed by atoms with van der Waals surface area (Å²) in [7, 11) is 0. The Bertz CT molecular complexity index is 952. The van der Waals surface area contributed by atoms with Gasteiger partial charge in [-0.15, -0.1) is 0 Å². The first-order valence-corrected chi connectivity index (χ1v) is 12.4. The number of nitrogens with zero attached hydrogens (tertiary/aromatic N) is 1. The first kappa shape index (κ1) is 32.1. The highest BCUT2D eigenvalue weighted by molar-refractivity contribution is 5.93. The van der Waals surface area contributed by atoms with Crippen molar-refractivity contribution < 1.29 is 29.4 Å². The Morgan fingerprint density at radius 3 is 2.08 bits per heavy atom. The lowest BCUT2D eigenvalue weighted by atomic mass is 10.0. The molecule has 4 atom stereocenters. The van der Waals surface area contributed by atoms with Crippen molar-refractivity contribution in [2.45, 2.75) is 69.6 Å². The van der Waals surface area contributed by atoms with E-state index in [1.54, 1.807) is 12.1 Å². The standard InChI is InChI=1S/C24H40N8O6/c1-14(20(34)32-19(23(37)38)6-4-12-29-24(27)28)30-22(36)18(5-2-3-11-25)31-21(35)17(26)13-15-7-9-16(33)10-8-15/h7-10,14,17-19,33H,2-6,11-13,25-26H2,1H3,(H,30,36)(H,31,35)(H,32,34)(H,37,38)(H4,27,28,29).